The lowest BCUT2D eigenvalue weighted by Gasteiger charge is -2.30. The molecule has 2 aliphatic carbocycles. The smallest absolute Gasteiger partial charge is 0.410 e. The van der Waals surface area contributed by atoms with Crippen LogP contribution in [0.1, 0.15) is 147 Å². The lowest BCUT2D eigenvalue weighted by atomic mass is 10.0. The van der Waals surface area contributed by atoms with Crippen LogP contribution in [0.2, 0.25) is 0 Å². The third-order valence-electron chi connectivity index (χ3n) is 17.4. The van der Waals surface area contributed by atoms with Gasteiger partial charge < -0.3 is 55.2 Å². The first-order valence-electron chi connectivity index (χ1n) is 30.7. The number of hydrogen-bond acceptors (Lipinski definition) is 15. The first-order chi connectivity index (χ1) is 41.5. The Kier molecular flexibility index (Phi) is 20.0. The molecule has 10 atom stereocenters. The van der Waals surface area contributed by atoms with Gasteiger partial charge in [-0.15, -0.1) is 0 Å². The molecule has 0 unspecified atom stereocenters. The number of ether oxygens (including phenoxy) is 5. The number of nitrogens with zero attached hydrogens (tertiary/aromatic N) is 4. The highest BCUT2D eigenvalue weighted by atomic mass is 19.1. The van der Waals surface area contributed by atoms with E-state index >= 15 is 0 Å². The molecule has 8 aliphatic rings. The first-order valence-corrected chi connectivity index (χ1v) is 30.7. The number of hydrogen-bond donors (Lipinski definition) is 4. The van der Waals surface area contributed by atoms with E-state index in [4.69, 9.17) is 29.4 Å². The second kappa shape index (κ2) is 27.2. The highest BCUT2D eigenvalue weighted by Gasteiger charge is 2.63. The number of allylic oxidation sites excluding steroid dienone is 2. The van der Waals surface area contributed by atoms with Crippen molar-refractivity contribution in [2.24, 2.45) is 17.6 Å². The van der Waals surface area contributed by atoms with E-state index in [-0.39, 0.29) is 88.9 Å². The van der Waals surface area contributed by atoms with Crippen molar-refractivity contribution in [3.63, 3.8) is 0 Å². The molecule has 0 bridgehead atoms. The van der Waals surface area contributed by atoms with Crippen LogP contribution in [0.4, 0.5) is 23.2 Å². The minimum atomic E-state index is -1.26. The Hall–Kier alpha value is -7.63. The largest absolute Gasteiger partial charge is 0.464 e. The maximum atomic E-state index is 14.3. The number of nitrogens with one attached hydrogen (secondary N) is 3. The SMILES string of the molecule is CCOC(=O)[C@@]12C[C@H]1/C=C\CCCCC[C@H](N)C(=O)N1C[C@H](OC(=O)N3Cc4cccc(F)c4C3)C[C@H]1C(=O)N2.CCOC(=O)[C@@]12C[C@H]1/C=C\CCCCC[C@H](NC(=O)OC(C)(C)C)C(=O)N1C[C@H](OC(=O)N3Cc4cccc(F)c4C3)C[C@H]1C(=O)N2. The van der Waals surface area contributed by atoms with Crippen molar-refractivity contribution in [1.29, 1.82) is 0 Å². The summed E-state index contributed by atoms with van der Waals surface area (Å²) in [6.45, 7) is 9.28. The number of nitrogens with two attached hydrogens (primary N) is 1. The van der Waals surface area contributed by atoms with E-state index in [1.54, 1.807) is 58.9 Å². The first kappa shape index (κ1) is 63.9. The molecule has 2 saturated heterocycles. The summed E-state index contributed by atoms with van der Waals surface area (Å²) in [5, 5.41) is 8.46. The van der Waals surface area contributed by atoms with Gasteiger partial charge in [0.25, 0.3) is 0 Å². The summed E-state index contributed by atoms with van der Waals surface area (Å²) in [6, 6.07) is 5.53. The average molecular weight is 1210 g/mol. The van der Waals surface area contributed by atoms with Gasteiger partial charge in [0, 0.05) is 48.9 Å². The van der Waals surface area contributed by atoms with Crippen molar-refractivity contribution < 1.29 is 75.6 Å². The van der Waals surface area contributed by atoms with Crippen molar-refractivity contribution in [2.75, 3.05) is 26.3 Å². The molecule has 6 aliphatic heterocycles. The number of benzene rings is 2. The lowest BCUT2D eigenvalue weighted by molar-refractivity contribution is -0.150. The van der Waals surface area contributed by atoms with Gasteiger partial charge in [-0.1, -0.05) is 74.3 Å². The highest BCUT2D eigenvalue weighted by Crippen LogP contribution is 2.48. The van der Waals surface area contributed by atoms with Gasteiger partial charge in [0.05, 0.1) is 45.4 Å². The van der Waals surface area contributed by atoms with Gasteiger partial charge >= 0.3 is 30.2 Å². The van der Waals surface area contributed by atoms with E-state index in [1.165, 1.54) is 31.7 Å². The monoisotopic (exact) mass is 1210 g/mol. The van der Waals surface area contributed by atoms with Crippen LogP contribution in [0.15, 0.2) is 60.7 Å². The quantitative estimate of drug-likeness (QED) is 0.129. The minimum absolute atomic E-state index is 0.00124. The zero-order valence-electron chi connectivity index (χ0n) is 50.3. The molecule has 2 aromatic carbocycles. The van der Waals surface area contributed by atoms with Gasteiger partial charge in [0.1, 0.15) is 58.6 Å². The van der Waals surface area contributed by atoms with Crippen LogP contribution in [-0.4, -0.2) is 153 Å². The minimum Gasteiger partial charge on any atom is -0.464 e. The fourth-order valence-electron chi connectivity index (χ4n) is 12.6. The van der Waals surface area contributed by atoms with E-state index in [0.717, 1.165) is 44.9 Å². The summed E-state index contributed by atoms with van der Waals surface area (Å²) < 4.78 is 56.1. The van der Waals surface area contributed by atoms with Crippen molar-refractivity contribution in [3.8, 4) is 0 Å². The molecule has 2 aromatic rings. The summed E-state index contributed by atoms with van der Waals surface area (Å²) in [5.41, 5.74) is 5.30. The lowest BCUT2D eigenvalue weighted by Crippen LogP contribution is -2.56. The van der Waals surface area contributed by atoms with Crippen LogP contribution in [0, 0.1) is 23.5 Å². The Labute approximate surface area is 505 Å². The molecule has 6 heterocycles. The third kappa shape index (κ3) is 14.9. The zero-order chi connectivity index (χ0) is 62.4. The fourth-order valence-corrected chi connectivity index (χ4v) is 12.6. The second-order valence-corrected chi connectivity index (χ2v) is 24.9. The van der Waals surface area contributed by atoms with E-state index in [0.29, 0.717) is 54.4 Å². The number of carbonyl (C=O) groups is 9. The molecule has 0 radical (unpaired) electrons. The van der Waals surface area contributed by atoms with Gasteiger partial charge in [0.2, 0.25) is 23.6 Å². The Bertz CT molecular complexity index is 3030. The molecule has 10 rings (SSSR count). The Morgan fingerprint density at radius 3 is 1.55 bits per heavy atom. The van der Waals surface area contributed by atoms with Gasteiger partial charge in [-0.25, -0.2) is 32.8 Å². The fraction of sp³-hybridized carbons (Fsp3) is 0.603. The predicted molar refractivity (Wildman–Crippen MR) is 309 cm³/mol. The molecule has 87 heavy (non-hydrogen) atoms. The van der Waals surface area contributed by atoms with E-state index in [9.17, 15) is 51.9 Å². The number of amides is 7. The highest BCUT2D eigenvalue weighted by molar-refractivity contribution is 5.98. The van der Waals surface area contributed by atoms with Gasteiger partial charge in [-0.2, -0.15) is 0 Å². The number of alkyl carbamates (subject to hydrolysis) is 1. The predicted octanol–water partition coefficient (Wildman–Crippen LogP) is 6.63. The summed E-state index contributed by atoms with van der Waals surface area (Å²) in [4.78, 5) is 126. The molecular weight excluding hydrogens is 1130 g/mol. The van der Waals surface area contributed by atoms with Crippen LogP contribution < -0.4 is 21.7 Å². The molecule has 472 valence electrons. The standard InChI is InChI=1S/C34H45FN4O8.C29H37FN4O6/c1-5-45-30(42)34-17-22(34)13-9-7-6-8-10-15-26(36-31(43)47-33(2,3)4)29(41)39-19-23(16-27(39)28(40)37-34)46-32(44)38-18-21-12-11-14-25(35)24(21)20-38;1-2-39-27(37)29-14-19(29)10-6-4-3-5-7-12-23(31)26(36)34-16-20(13-24(34)25(35)32-29)40-28(38)33-15-18-9-8-11-22(30)21(18)17-33/h9,11-14,22-23,26-27H,5-8,10,15-20H2,1-4H3,(H,36,43)(H,37,40);6,8-11,19-20,23-24H,2-5,7,12-17,31H2,1H3,(H,32,35)/b13-9-;10-6-/t22-,23-,26+,27+,34-;19-,20-,23+,24+,29-/m11/s1. The molecule has 22 nitrogen and oxygen atoms in total. The Morgan fingerprint density at radius 2 is 1.10 bits per heavy atom. The van der Waals surface area contributed by atoms with Crippen LogP contribution >= 0.6 is 0 Å². The zero-order valence-corrected chi connectivity index (χ0v) is 50.3. The molecular formula is C63H82F2N8O14. The molecule has 7 amide bonds. The molecule has 24 heteroatoms. The van der Waals surface area contributed by atoms with Crippen molar-refractivity contribution in [1.82, 2.24) is 35.6 Å². The molecule has 0 spiro atoms. The van der Waals surface area contributed by atoms with E-state index < -0.39 is 107 Å². The molecule has 2 saturated carbocycles. The summed E-state index contributed by atoms with van der Waals surface area (Å²) in [7, 11) is 0. The van der Waals surface area contributed by atoms with Crippen molar-refractivity contribution in [3.05, 3.63) is 94.6 Å². The summed E-state index contributed by atoms with van der Waals surface area (Å²) in [5.74, 6) is -4.27. The third-order valence-corrected chi connectivity index (χ3v) is 17.4. The van der Waals surface area contributed by atoms with E-state index in [2.05, 4.69) is 16.0 Å². The number of rotatable bonds is 7. The Balaban J connectivity index is 0.000000210. The molecule has 0 aromatic heterocycles. The number of fused-ring (bicyclic) bond motifs is 6. The van der Waals surface area contributed by atoms with Gasteiger partial charge in [-0.3, -0.25) is 29.0 Å². The summed E-state index contributed by atoms with van der Waals surface area (Å²) >= 11 is 0. The number of carbonyl (C=O) groups excluding carboxylic acids is 9. The van der Waals surface area contributed by atoms with Crippen LogP contribution in [-0.2, 0) is 78.6 Å². The van der Waals surface area contributed by atoms with Gasteiger partial charge in [-0.05, 0) is 109 Å². The maximum absolute atomic E-state index is 14.3. The Morgan fingerprint density at radius 1 is 0.644 bits per heavy atom. The molecule has 4 fully saturated rings. The van der Waals surface area contributed by atoms with Crippen LogP contribution in [0.25, 0.3) is 0 Å². The number of halogens is 2. The topological polar surface area (TPSA) is 275 Å². The summed E-state index contributed by atoms with van der Waals surface area (Å²) in [6.07, 6.45) is 12.2. The van der Waals surface area contributed by atoms with Crippen molar-refractivity contribution in [2.45, 2.75) is 204 Å². The van der Waals surface area contributed by atoms with Gasteiger partial charge in [0.15, 0.2) is 0 Å². The molecule has 5 N–H and O–H groups in total. The van der Waals surface area contributed by atoms with Crippen LogP contribution in [0.3, 0.4) is 0 Å². The second-order valence-electron chi connectivity index (χ2n) is 24.9. The number of esters is 2. The van der Waals surface area contributed by atoms with Crippen molar-refractivity contribution >= 4 is 53.8 Å². The average Bonchev–Trinajstić information content (AvgIpc) is 1.61. The van der Waals surface area contributed by atoms with Crippen LogP contribution in [0.5, 0.6) is 0 Å². The van der Waals surface area contributed by atoms with E-state index in [1.807, 2.05) is 24.3 Å². The normalized spacial score (nSPS) is 29.7. The maximum Gasteiger partial charge on any atom is 0.410 e.